The lowest BCUT2D eigenvalue weighted by Gasteiger charge is -2.32. The van der Waals surface area contributed by atoms with Crippen LogP contribution in [0.25, 0.3) is 54.2 Å². The van der Waals surface area contributed by atoms with Gasteiger partial charge in [-0.2, -0.15) is 0 Å². The second-order valence-electron chi connectivity index (χ2n) is 13.9. The van der Waals surface area contributed by atoms with E-state index in [0.717, 1.165) is 49.7 Å². The zero-order valence-electron chi connectivity index (χ0n) is 29.8. The summed E-state index contributed by atoms with van der Waals surface area (Å²) in [6, 6.07) is 69.9. The first-order valence-electron chi connectivity index (χ1n) is 18.5. The molecule has 10 aromatic rings. The van der Waals surface area contributed by atoms with Gasteiger partial charge in [-0.05, 0) is 131 Å². The number of hydrogen-bond donors (Lipinski definition) is 0. The summed E-state index contributed by atoms with van der Waals surface area (Å²) in [6.45, 7) is 0. The van der Waals surface area contributed by atoms with E-state index < -0.39 is 0 Å². The molecular formula is C51H34BrN3. The van der Waals surface area contributed by atoms with Crippen LogP contribution in [0.3, 0.4) is 0 Å². The third-order valence-corrected chi connectivity index (χ3v) is 11.3. The standard InChI is InChI=1S/C51H34BrN3/c52-51-49(54(45-23-19-35-10-1-5-14-39(35)28-45)46-24-20-36-11-2-6-15-40(36)29-46)32-44(43-18-9-27-53-34-43)33-50(51)55(47-25-21-37-12-3-7-16-41(37)30-47)48-26-22-38-13-4-8-17-42(38)31-48/h1-34H. The Labute approximate surface area is 328 Å². The van der Waals surface area contributed by atoms with E-state index in [1.807, 2.05) is 18.5 Å². The van der Waals surface area contributed by atoms with Gasteiger partial charge in [0, 0.05) is 40.7 Å². The van der Waals surface area contributed by atoms with Crippen molar-refractivity contribution in [2.24, 2.45) is 0 Å². The van der Waals surface area contributed by atoms with Gasteiger partial charge < -0.3 is 9.80 Å². The normalized spacial score (nSPS) is 11.4. The van der Waals surface area contributed by atoms with E-state index in [2.05, 4.69) is 219 Å². The van der Waals surface area contributed by atoms with Crippen LogP contribution in [0.15, 0.2) is 211 Å². The predicted octanol–water partition coefficient (Wildman–Crippen LogP) is 15.1. The molecule has 0 unspecified atom stereocenters. The summed E-state index contributed by atoms with van der Waals surface area (Å²) >= 11 is 4.28. The lowest BCUT2D eigenvalue weighted by atomic mass is 10.0. The third kappa shape index (κ3) is 6.17. The Morgan fingerprint density at radius 1 is 0.327 bits per heavy atom. The summed E-state index contributed by atoms with van der Waals surface area (Å²) in [5.41, 5.74) is 8.35. The highest BCUT2D eigenvalue weighted by atomic mass is 79.9. The minimum absolute atomic E-state index is 0.961. The molecule has 0 bridgehead atoms. The molecule has 10 rings (SSSR count). The molecule has 0 N–H and O–H groups in total. The number of pyridine rings is 1. The first-order chi connectivity index (χ1) is 27.2. The van der Waals surface area contributed by atoms with Crippen molar-refractivity contribution < 1.29 is 0 Å². The van der Waals surface area contributed by atoms with E-state index in [1.54, 1.807) is 0 Å². The summed E-state index contributed by atoms with van der Waals surface area (Å²) in [6.07, 6.45) is 3.78. The van der Waals surface area contributed by atoms with Crippen molar-refractivity contribution in [3.8, 4) is 11.1 Å². The van der Waals surface area contributed by atoms with Crippen LogP contribution in [0.4, 0.5) is 34.1 Å². The summed E-state index contributed by atoms with van der Waals surface area (Å²) in [5.74, 6) is 0. The van der Waals surface area contributed by atoms with Gasteiger partial charge in [-0.25, -0.2) is 0 Å². The van der Waals surface area contributed by atoms with Crippen LogP contribution in [-0.4, -0.2) is 4.98 Å². The molecule has 0 amide bonds. The molecule has 0 saturated heterocycles. The van der Waals surface area contributed by atoms with Crippen LogP contribution in [0.1, 0.15) is 0 Å². The molecule has 0 aliphatic carbocycles. The van der Waals surface area contributed by atoms with Crippen molar-refractivity contribution in [2.45, 2.75) is 0 Å². The van der Waals surface area contributed by atoms with Crippen LogP contribution in [0.5, 0.6) is 0 Å². The summed E-state index contributed by atoms with van der Waals surface area (Å²) in [7, 11) is 0. The molecule has 260 valence electrons. The van der Waals surface area contributed by atoms with E-state index in [0.29, 0.717) is 0 Å². The maximum absolute atomic E-state index is 4.56. The number of hydrogen-bond acceptors (Lipinski definition) is 3. The van der Waals surface area contributed by atoms with Crippen LogP contribution >= 0.6 is 15.9 Å². The zero-order chi connectivity index (χ0) is 36.7. The number of halogens is 1. The highest BCUT2D eigenvalue weighted by molar-refractivity contribution is 9.10. The fourth-order valence-corrected chi connectivity index (χ4v) is 8.32. The molecule has 1 aromatic heterocycles. The molecule has 0 aliphatic heterocycles. The van der Waals surface area contributed by atoms with Crippen molar-refractivity contribution in [3.05, 3.63) is 211 Å². The van der Waals surface area contributed by atoms with E-state index in [9.17, 15) is 0 Å². The Morgan fingerprint density at radius 3 is 1.00 bits per heavy atom. The molecule has 0 fully saturated rings. The Hall–Kier alpha value is -6.75. The second kappa shape index (κ2) is 13.9. The Morgan fingerprint density at radius 2 is 0.673 bits per heavy atom. The van der Waals surface area contributed by atoms with Gasteiger partial charge in [0.15, 0.2) is 0 Å². The molecule has 0 radical (unpaired) electrons. The van der Waals surface area contributed by atoms with Crippen molar-refractivity contribution in [2.75, 3.05) is 9.80 Å². The monoisotopic (exact) mass is 767 g/mol. The van der Waals surface area contributed by atoms with E-state index in [-0.39, 0.29) is 0 Å². The lowest BCUT2D eigenvalue weighted by Crippen LogP contribution is -2.15. The van der Waals surface area contributed by atoms with Gasteiger partial charge in [-0.3, -0.25) is 4.98 Å². The SMILES string of the molecule is Brc1c(N(c2ccc3ccccc3c2)c2ccc3ccccc3c2)cc(-c2cccnc2)cc1N(c1ccc2ccccc2c1)c1ccc2ccccc2c1. The minimum atomic E-state index is 0.961. The molecule has 0 aliphatic rings. The molecule has 0 atom stereocenters. The van der Waals surface area contributed by atoms with E-state index in [4.69, 9.17) is 0 Å². The lowest BCUT2D eigenvalue weighted by molar-refractivity contribution is 1.24. The number of fused-ring (bicyclic) bond motifs is 4. The zero-order valence-corrected chi connectivity index (χ0v) is 31.4. The van der Waals surface area contributed by atoms with Gasteiger partial charge in [0.1, 0.15) is 0 Å². The van der Waals surface area contributed by atoms with Crippen LogP contribution in [-0.2, 0) is 0 Å². The molecule has 1 heterocycles. The number of anilines is 6. The number of rotatable bonds is 7. The predicted molar refractivity (Wildman–Crippen MR) is 237 cm³/mol. The molecule has 0 saturated carbocycles. The van der Waals surface area contributed by atoms with Crippen LogP contribution in [0.2, 0.25) is 0 Å². The molecule has 0 spiro atoms. The fourth-order valence-electron chi connectivity index (χ4n) is 7.74. The average molecular weight is 769 g/mol. The molecule has 3 nitrogen and oxygen atoms in total. The quantitative estimate of drug-likeness (QED) is 0.161. The Bertz CT molecular complexity index is 2690. The summed E-state index contributed by atoms with van der Waals surface area (Å²) in [4.78, 5) is 9.32. The van der Waals surface area contributed by atoms with Gasteiger partial charge in [-0.1, -0.05) is 127 Å². The van der Waals surface area contributed by atoms with Crippen molar-refractivity contribution in [3.63, 3.8) is 0 Å². The van der Waals surface area contributed by atoms with Gasteiger partial charge in [0.2, 0.25) is 0 Å². The van der Waals surface area contributed by atoms with Gasteiger partial charge in [0.25, 0.3) is 0 Å². The minimum Gasteiger partial charge on any atom is -0.309 e. The van der Waals surface area contributed by atoms with E-state index >= 15 is 0 Å². The van der Waals surface area contributed by atoms with Crippen molar-refractivity contribution in [1.29, 1.82) is 0 Å². The number of nitrogens with zero attached hydrogens (tertiary/aromatic N) is 3. The van der Waals surface area contributed by atoms with E-state index in [1.165, 1.54) is 43.1 Å². The largest absolute Gasteiger partial charge is 0.309 e. The Kier molecular flexibility index (Phi) is 8.31. The summed E-state index contributed by atoms with van der Waals surface area (Å²) in [5, 5.41) is 9.53. The Balaban J connectivity index is 1.28. The third-order valence-electron chi connectivity index (χ3n) is 10.5. The van der Waals surface area contributed by atoms with Gasteiger partial charge in [0.05, 0.1) is 15.8 Å². The second-order valence-corrected chi connectivity index (χ2v) is 14.7. The fraction of sp³-hybridized carbons (Fsp3) is 0. The van der Waals surface area contributed by atoms with Crippen molar-refractivity contribution >= 4 is 93.1 Å². The highest BCUT2D eigenvalue weighted by Crippen LogP contribution is 2.50. The first-order valence-corrected chi connectivity index (χ1v) is 19.3. The first kappa shape index (κ1) is 32.9. The number of aromatic nitrogens is 1. The maximum Gasteiger partial charge on any atom is 0.0657 e. The smallest absolute Gasteiger partial charge is 0.0657 e. The topological polar surface area (TPSA) is 19.4 Å². The molecule has 55 heavy (non-hydrogen) atoms. The molecule has 9 aromatic carbocycles. The molecule has 4 heteroatoms. The van der Waals surface area contributed by atoms with Crippen molar-refractivity contribution in [1.82, 2.24) is 4.98 Å². The maximum atomic E-state index is 4.56. The van der Waals surface area contributed by atoms with Gasteiger partial charge >= 0.3 is 0 Å². The highest BCUT2D eigenvalue weighted by Gasteiger charge is 2.25. The van der Waals surface area contributed by atoms with Crippen LogP contribution < -0.4 is 9.80 Å². The van der Waals surface area contributed by atoms with Crippen LogP contribution in [0, 0.1) is 0 Å². The molecular weight excluding hydrogens is 734 g/mol. The average Bonchev–Trinajstić information content (AvgIpc) is 3.25. The van der Waals surface area contributed by atoms with Gasteiger partial charge in [-0.15, -0.1) is 0 Å². The summed E-state index contributed by atoms with van der Waals surface area (Å²) < 4.78 is 0.961. The number of benzene rings is 9.